The van der Waals surface area contributed by atoms with Crippen molar-refractivity contribution in [3.05, 3.63) is 0 Å². The second kappa shape index (κ2) is 2.55. The van der Waals surface area contributed by atoms with Crippen molar-refractivity contribution in [2.45, 2.75) is 6.82 Å². The first-order chi connectivity index (χ1) is 1.91. The van der Waals surface area contributed by atoms with Crippen LogP contribution in [0.2, 0.25) is 6.82 Å². The van der Waals surface area contributed by atoms with Gasteiger partial charge in [0.05, 0.1) is 0 Å². The molecule has 0 aromatic heterocycles. The molecule has 0 aliphatic rings. The lowest BCUT2D eigenvalue weighted by atomic mass is 9.86. The third-order valence-electron chi connectivity index (χ3n) is 0.129. The zero-order valence-electron chi connectivity index (χ0n) is 2.52. The molecule has 1 nitrogen and oxygen atoms in total. The second-order valence-electron chi connectivity index (χ2n) is 0.418. The first kappa shape index (κ1) is 3.55. The molecule has 0 rings (SSSR count). The van der Waals surface area contributed by atoms with Crippen molar-refractivity contribution in [1.82, 2.24) is 0 Å². The van der Waals surface area contributed by atoms with Gasteiger partial charge in [0.25, 0.3) is 7.28 Å². The summed E-state index contributed by atoms with van der Waals surface area (Å²) in [5, 5.41) is 7.57. The van der Waals surface area contributed by atoms with Gasteiger partial charge in [0, 0.05) is 0 Å². The number of hydrogen-bond donors (Lipinski definition) is 0. The zero-order valence-corrected chi connectivity index (χ0v) is 2.52. The summed E-state index contributed by atoms with van der Waals surface area (Å²) in [6, 6.07) is 0. The van der Waals surface area contributed by atoms with Crippen molar-refractivity contribution in [3.8, 4) is 5.97 Å². The summed E-state index contributed by atoms with van der Waals surface area (Å²) in [4.78, 5) is 0. The Labute approximate surface area is 26.5 Å². The number of rotatable bonds is 0. The molecule has 2 heteroatoms. The van der Waals surface area contributed by atoms with E-state index in [9.17, 15) is 0 Å². The molecule has 1 radical (unpaired) electrons. The highest BCUT2D eigenvalue weighted by Gasteiger charge is 1.58. The molecule has 0 heterocycles. The maximum atomic E-state index is 7.57. The summed E-state index contributed by atoms with van der Waals surface area (Å²) < 4.78 is 0. The second-order valence-corrected chi connectivity index (χ2v) is 0.418. The lowest BCUT2D eigenvalue weighted by Gasteiger charge is -1.40. The fourth-order valence-corrected chi connectivity index (χ4v) is 0. The molecule has 0 atom stereocenters. The predicted octanol–water partition coefficient (Wildman–Crippen LogP) is 0.220. The van der Waals surface area contributed by atoms with Crippen LogP contribution in [0.3, 0.4) is 0 Å². The van der Waals surface area contributed by atoms with E-state index in [1.807, 2.05) is 0 Å². The molecular weight excluding hydrogens is 48.8 g/mol. The van der Waals surface area contributed by atoms with E-state index in [1.54, 1.807) is 12.8 Å². The van der Waals surface area contributed by atoms with Crippen LogP contribution in [0.15, 0.2) is 0 Å². The van der Waals surface area contributed by atoms with Gasteiger partial charge in [-0.2, -0.15) is 0 Å². The Balaban J connectivity index is 2.43. The Kier molecular flexibility index (Phi) is 2.27. The fourth-order valence-electron chi connectivity index (χ4n) is 0. The fraction of sp³-hybridized carbons (Fsp3) is 0.500. The maximum absolute atomic E-state index is 7.57. The van der Waals surface area contributed by atoms with Gasteiger partial charge in [-0.3, -0.25) is 0 Å². The summed E-state index contributed by atoms with van der Waals surface area (Å²) in [7, 11) is 1.43. The lowest BCUT2D eigenvalue weighted by Crippen LogP contribution is -1.63. The minimum absolute atomic E-state index is 1.43. The maximum Gasteiger partial charge on any atom is 0.251 e. The molecule has 0 aromatic carbocycles. The molecule has 0 saturated carbocycles. The zero-order chi connectivity index (χ0) is 3.41. The number of hydrogen-bond acceptors (Lipinski definition) is 1. The monoisotopic (exact) mass is 52.0 g/mol. The van der Waals surface area contributed by atoms with E-state index in [-0.39, 0.29) is 0 Å². The number of nitriles is 1. The highest BCUT2D eigenvalue weighted by molar-refractivity contribution is 6.43. The molecule has 0 unspecified atom stereocenters. The first-order valence-corrected chi connectivity index (χ1v) is 1.09. The van der Waals surface area contributed by atoms with Crippen LogP contribution < -0.4 is 0 Å². The molecule has 0 fully saturated rings. The van der Waals surface area contributed by atoms with Crippen LogP contribution in [-0.4, -0.2) is 7.28 Å². The molecule has 4 heavy (non-hydrogen) atoms. The standard InChI is InChI=1S/C2H3BN/c1-3-2-4/h1H3. The summed E-state index contributed by atoms with van der Waals surface area (Å²) >= 11 is 0. The van der Waals surface area contributed by atoms with Crippen LogP contribution in [0.5, 0.6) is 0 Å². The Bertz CT molecular complexity index is 35.8. The summed E-state index contributed by atoms with van der Waals surface area (Å²) in [5.74, 6) is 1.81. The van der Waals surface area contributed by atoms with E-state index >= 15 is 0 Å². The Morgan fingerprint density at radius 1 is 2.00 bits per heavy atom. The van der Waals surface area contributed by atoms with Crippen molar-refractivity contribution in [2.24, 2.45) is 0 Å². The topological polar surface area (TPSA) is 23.8 Å². The first-order valence-electron chi connectivity index (χ1n) is 1.09. The molecular formula is C2H3BN. The highest BCUT2D eigenvalue weighted by atomic mass is 14.2. The molecule has 0 aromatic rings. The lowest BCUT2D eigenvalue weighted by molar-refractivity contribution is 1.56. The molecule has 19 valence electrons. The van der Waals surface area contributed by atoms with Gasteiger partial charge in [-0.1, -0.05) is 6.82 Å². The Hall–Kier alpha value is -0.445. The Morgan fingerprint density at radius 3 is 2.25 bits per heavy atom. The smallest absolute Gasteiger partial charge is 0.213 e. The van der Waals surface area contributed by atoms with Crippen molar-refractivity contribution in [2.75, 3.05) is 0 Å². The van der Waals surface area contributed by atoms with Gasteiger partial charge in [-0.25, -0.2) is 5.26 Å². The summed E-state index contributed by atoms with van der Waals surface area (Å²) in [6.07, 6.45) is 0. The van der Waals surface area contributed by atoms with Gasteiger partial charge >= 0.3 is 0 Å². The molecule has 0 spiro atoms. The van der Waals surface area contributed by atoms with Gasteiger partial charge in [0.15, 0.2) is 0 Å². The van der Waals surface area contributed by atoms with E-state index in [4.69, 9.17) is 5.26 Å². The minimum Gasteiger partial charge on any atom is -0.213 e. The average Bonchev–Trinajstić information content (AvgIpc) is 1.37. The van der Waals surface area contributed by atoms with E-state index in [0.717, 1.165) is 0 Å². The van der Waals surface area contributed by atoms with Crippen molar-refractivity contribution in [1.29, 1.82) is 5.26 Å². The SMILES string of the molecule is C[B]C#N. The predicted molar refractivity (Wildman–Crippen MR) is 17.2 cm³/mol. The van der Waals surface area contributed by atoms with Crippen LogP contribution in [0, 0.1) is 11.2 Å². The third kappa shape index (κ3) is 1.55. The normalized spacial score (nSPS) is 4.00. The quantitative estimate of drug-likeness (QED) is 0.361. The average molecular weight is 51.9 g/mol. The highest BCUT2D eigenvalue weighted by Crippen LogP contribution is 1.37. The van der Waals surface area contributed by atoms with E-state index in [2.05, 4.69) is 0 Å². The van der Waals surface area contributed by atoms with Crippen LogP contribution in [0.4, 0.5) is 0 Å². The van der Waals surface area contributed by atoms with Crippen LogP contribution in [-0.2, 0) is 0 Å². The molecule has 0 aliphatic carbocycles. The van der Waals surface area contributed by atoms with Gasteiger partial charge in [-0.05, 0) is 5.97 Å². The van der Waals surface area contributed by atoms with Gasteiger partial charge in [0.1, 0.15) is 0 Å². The van der Waals surface area contributed by atoms with E-state index < -0.39 is 0 Å². The van der Waals surface area contributed by atoms with E-state index in [0.29, 0.717) is 0 Å². The van der Waals surface area contributed by atoms with Gasteiger partial charge in [-0.15, -0.1) is 0 Å². The number of nitrogens with zero attached hydrogens (tertiary/aromatic N) is 1. The molecule has 0 aliphatic heterocycles. The Morgan fingerprint density at radius 2 is 2.25 bits per heavy atom. The molecule has 0 amide bonds. The molecule has 0 bridgehead atoms. The van der Waals surface area contributed by atoms with Crippen LogP contribution in [0.25, 0.3) is 0 Å². The summed E-state index contributed by atoms with van der Waals surface area (Å²) in [5.41, 5.74) is 0. The van der Waals surface area contributed by atoms with Crippen LogP contribution in [0.1, 0.15) is 0 Å². The van der Waals surface area contributed by atoms with E-state index in [1.165, 1.54) is 7.28 Å². The van der Waals surface area contributed by atoms with Crippen molar-refractivity contribution >= 4 is 7.28 Å². The molecule has 0 saturated heterocycles. The summed E-state index contributed by atoms with van der Waals surface area (Å²) in [6.45, 7) is 1.69. The van der Waals surface area contributed by atoms with Crippen LogP contribution >= 0.6 is 0 Å². The van der Waals surface area contributed by atoms with Crippen molar-refractivity contribution in [3.63, 3.8) is 0 Å². The van der Waals surface area contributed by atoms with Gasteiger partial charge < -0.3 is 0 Å². The molecule has 0 N–H and O–H groups in total. The van der Waals surface area contributed by atoms with Crippen molar-refractivity contribution < 1.29 is 0 Å². The largest absolute Gasteiger partial charge is 0.251 e. The minimum atomic E-state index is 1.43. The third-order valence-corrected chi connectivity index (χ3v) is 0.129. The van der Waals surface area contributed by atoms with Gasteiger partial charge in [0.2, 0.25) is 0 Å².